The van der Waals surface area contributed by atoms with Gasteiger partial charge in [0.2, 0.25) is 0 Å². The molecule has 0 aliphatic carbocycles. The van der Waals surface area contributed by atoms with E-state index in [0.717, 1.165) is 18.9 Å². The first-order chi connectivity index (χ1) is 10.6. The number of hydrogen-bond donors (Lipinski definition) is 1. The molecule has 0 bridgehead atoms. The van der Waals surface area contributed by atoms with E-state index in [9.17, 15) is 8.78 Å². The van der Waals surface area contributed by atoms with E-state index in [1.807, 2.05) is 6.92 Å². The standard InChI is InChI=1S/C16H21F2NO3/c1-11(12-2-3-14(17)15(18)8-12)19-9-13-10-21-16(22-13)4-6-20-7-5-16/h2-3,8,11,13,19H,4-7,9-10H2,1H3. The Labute approximate surface area is 128 Å². The van der Waals surface area contributed by atoms with Gasteiger partial charge >= 0.3 is 0 Å². The topological polar surface area (TPSA) is 39.7 Å². The van der Waals surface area contributed by atoms with Gasteiger partial charge in [0.1, 0.15) is 0 Å². The fraction of sp³-hybridized carbons (Fsp3) is 0.625. The zero-order valence-corrected chi connectivity index (χ0v) is 12.6. The van der Waals surface area contributed by atoms with E-state index in [2.05, 4.69) is 5.32 Å². The number of ether oxygens (including phenoxy) is 3. The first-order valence-electron chi connectivity index (χ1n) is 7.66. The van der Waals surface area contributed by atoms with Gasteiger partial charge < -0.3 is 19.5 Å². The van der Waals surface area contributed by atoms with Crippen molar-refractivity contribution in [1.29, 1.82) is 0 Å². The number of rotatable bonds is 4. The van der Waals surface area contributed by atoms with Gasteiger partial charge in [0.15, 0.2) is 17.4 Å². The first kappa shape index (κ1) is 15.8. The molecule has 2 aliphatic heterocycles. The molecule has 1 aromatic rings. The summed E-state index contributed by atoms with van der Waals surface area (Å²) >= 11 is 0. The molecule has 2 aliphatic rings. The molecule has 2 heterocycles. The second-order valence-electron chi connectivity index (χ2n) is 5.88. The predicted molar refractivity (Wildman–Crippen MR) is 76.4 cm³/mol. The highest BCUT2D eigenvalue weighted by Crippen LogP contribution is 2.33. The van der Waals surface area contributed by atoms with Crippen LogP contribution in [-0.4, -0.2) is 38.3 Å². The van der Waals surface area contributed by atoms with E-state index < -0.39 is 17.4 Å². The highest BCUT2D eigenvalue weighted by Gasteiger charge is 2.42. The molecule has 22 heavy (non-hydrogen) atoms. The summed E-state index contributed by atoms with van der Waals surface area (Å²) in [6, 6.07) is 3.86. The van der Waals surface area contributed by atoms with Crippen molar-refractivity contribution in [1.82, 2.24) is 5.32 Å². The van der Waals surface area contributed by atoms with Crippen LogP contribution in [0.2, 0.25) is 0 Å². The summed E-state index contributed by atoms with van der Waals surface area (Å²) in [5.41, 5.74) is 0.707. The molecule has 1 N–H and O–H groups in total. The van der Waals surface area contributed by atoms with Gasteiger partial charge in [0.25, 0.3) is 0 Å². The van der Waals surface area contributed by atoms with Crippen molar-refractivity contribution >= 4 is 0 Å². The van der Waals surface area contributed by atoms with Crippen LogP contribution in [0.3, 0.4) is 0 Å². The van der Waals surface area contributed by atoms with Gasteiger partial charge in [-0.2, -0.15) is 0 Å². The molecule has 2 atom stereocenters. The lowest BCUT2D eigenvalue weighted by molar-refractivity contribution is -0.210. The zero-order valence-electron chi connectivity index (χ0n) is 12.6. The fourth-order valence-corrected chi connectivity index (χ4v) is 2.87. The van der Waals surface area contributed by atoms with Crippen LogP contribution in [0.1, 0.15) is 31.4 Å². The van der Waals surface area contributed by atoms with E-state index in [0.29, 0.717) is 31.9 Å². The van der Waals surface area contributed by atoms with Crippen molar-refractivity contribution in [3.63, 3.8) is 0 Å². The first-order valence-corrected chi connectivity index (χ1v) is 7.66. The lowest BCUT2D eigenvalue weighted by Crippen LogP contribution is -2.39. The highest BCUT2D eigenvalue weighted by atomic mass is 19.2. The van der Waals surface area contributed by atoms with Crippen molar-refractivity contribution < 1.29 is 23.0 Å². The molecular formula is C16H21F2NO3. The minimum absolute atomic E-state index is 0.0363. The lowest BCUT2D eigenvalue weighted by Gasteiger charge is -2.31. The molecule has 122 valence electrons. The third-order valence-electron chi connectivity index (χ3n) is 4.26. The monoisotopic (exact) mass is 313 g/mol. The van der Waals surface area contributed by atoms with E-state index >= 15 is 0 Å². The Hall–Kier alpha value is -1.08. The maximum absolute atomic E-state index is 13.3. The maximum atomic E-state index is 13.3. The Balaban J connectivity index is 1.51. The summed E-state index contributed by atoms with van der Waals surface area (Å²) in [5.74, 6) is -2.15. The smallest absolute Gasteiger partial charge is 0.173 e. The molecule has 2 unspecified atom stereocenters. The maximum Gasteiger partial charge on any atom is 0.173 e. The van der Waals surface area contributed by atoms with Gasteiger partial charge in [0, 0.05) is 25.4 Å². The molecule has 6 heteroatoms. The van der Waals surface area contributed by atoms with Gasteiger partial charge in [-0.3, -0.25) is 0 Å². The molecule has 1 aromatic carbocycles. The number of halogens is 2. The molecule has 2 fully saturated rings. The van der Waals surface area contributed by atoms with E-state index in [-0.39, 0.29) is 12.1 Å². The molecule has 0 amide bonds. The Morgan fingerprint density at radius 2 is 2.05 bits per heavy atom. The average molecular weight is 313 g/mol. The van der Waals surface area contributed by atoms with Gasteiger partial charge in [-0.15, -0.1) is 0 Å². The van der Waals surface area contributed by atoms with Crippen molar-refractivity contribution in [2.24, 2.45) is 0 Å². The summed E-state index contributed by atoms with van der Waals surface area (Å²) in [5, 5.41) is 3.28. The molecule has 0 saturated carbocycles. The zero-order chi connectivity index (χ0) is 15.6. The number of hydrogen-bond acceptors (Lipinski definition) is 4. The summed E-state index contributed by atoms with van der Waals surface area (Å²) in [4.78, 5) is 0. The second kappa shape index (κ2) is 6.58. The van der Waals surface area contributed by atoms with Crippen LogP contribution in [0, 0.1) is 11.6 Å². The molecular weight excluding hydrogens is 292 g/mol. The molecule has 4 nitrogen and oxygen atoms in total. The van der Waals surface area contributed by atoms with Crippen LogP contribution in [-0.2, 0) is 14.2 Å². The van der Waals surface area contributed by atoms with Gasteiger partial charge in [-0.05, 0) is 24.6 Å². The molecule has 0 radical (unpaired) electrons. The van der Waals surface area contributed by atoms with E-state index in [1.165, 1.54) is 6.07 Å². The molecule has 1 spiro atoms. The fourth-order valence-electron chi connectivity index (χ4n) is 2.87. The summed E-state index contributed by atoms with van der Waals surface area (Å²) in [6.45, 7) is 4.36. The Morgan fingerprint density at radius 3 is 2.77 bits per heavy atom. The quantitative estimate of drug-likeness (QED) is 0.927. The van der Waals surface area contributed by atoms with Crippen molar-refractivity contribution in [3.05, 3.63) is 35.4 Å². The average Bonchev–Trinajstić information content (AvgIpc) is 2.91. The van der Waals surface area contributed by atoms with Crippen molar-refractivity contribution in [2.75, 3.05) is 26.4 Å². The number of nitrogens with one attached hydrogen (secondary N) is 1. The molecule has 2 saturated heterocycles. The lowest BCUT2D eigenvalue weighted by atomic mass is 10.1. The second-order valence-corrected chi connectivity index (χ2v) is 5.88. The number of benzene rings is 1. The van der Waals surface area contributed by atoms with Crippen molar-refractivity contribution in [2.45, 2.75) is 37.7 Å². The SMILES string of the molecule is CC(NCC1COC2(CCOCC2)O1)c1ccc(F)c(F)c1. The molecule has 3 rings (SSSR count). The van der Waals surface area contributed by atoms with Crippen LogP contribution in [0.15, 0.2) is 18.2 Å². The van der Waals surface area contributed by atoms with Crippen LogP contribution in [0.4, 0.5) is 8.78 Å². The third-order valence-corrected chi connectivity index (χ3v) is 4.26. The van der Waals surface area contributed by atoms with Crippen molar-refractivity contribution in [3.8, 4) is 0 Å². The predicted octanol–water partition coefficient (Wildman–Crippen LogP) is 2.54. The summed E-state index contributed by atoms with van der Waals surface area (Å²) < 4.78 is 43.4. The van der Waals surface area contributed by atoms with Crippen LogP contribution < -0.4 is 5.32 Å². The van der Waals surface area contributed by atoms with Gasteiger partial charge in [-0.1, -0.05) is 6.07 Å². The van der Waals surface area contributed by atoms with Gasteiger partial charge in [-0.25, -0.2) is 8.78 Å². The molecule has 0 aromatic heterocycles. The van der Waals surface area contributed by atoms with Gasteiger partial charge in [0.05, 0.1) is 25.9 Å². The summed E-state index contributed by atoms with van der Waals surface area (Å²) in [6.07, 6.45) is 1.47. The normalized spacial score (nSPS) is 25.5. The van der Waals surface area contributed by atoms with Crippen LogP contribution >= 0.6 is 0 Å². The third kappa shape index (κ3) is 3.46. The van der Waals surface area contributed by atoms with Crippen LogP contribution in [0.25, 0.3) is 0 Å². The Bertz CT molecular complexity index is 520. The Morgan fingerprint density at radius 1 is 1.27 bits per heavy atom. The summed E-state index contributed by atoms with van der Waals surface area (Å²) in [7, 11) is 0. The van der Waals surface area contributed by atoms with E-state index in [1.54, 1.807) is 6.07 Å². The van der Waals surface area contributed by atoms with Crippen LogP contribution in [0.5, 0.6) is 0 Å². The minimum atomic E-state index is -0.829. The minimum Gasteiger partial charge on any atom is -0.381 e. The highest BCUT2D eigenvalue weighted by molar-refractivity contribution is 5.20. The van der Waals surface area contributed by atoms with E-state index in [4.69, 9.17) is 14.2 Å². The Kier molecular flexibility index (Phi) is 4.73. The largest absolute Gasteiger partial charge is 0.381 e.